The largest absolute Gasteiger partial charge is 0.393 e. The Morgan fingerprint density at radius 2 is 1.20 bits per heavy atom. The quantitative estimate of drug-likeness (QED) is 0.476. The summed E-state index contributed by atoms with van der Waals surface area (Å²) in [5.74, 6) is 0.740. The third-order valence-corrected chi connectivity index (χ3v) is 3.84. The molecule has 0 fully saturated rings. The summed E-state index contributed by atoms with van der Waals surface area (Å²) in [6.07, 6.45) is 9.80. The lowest BCUT2D eigenvalue weighted by Gasteiger charge is -2.17. The Kier molecular flexibility index (Phi) is 13.8. The molecule has 2 unspecified atom stereocenters. The van der Waals surface area contributed by atoms with Crippen LogP contribution in [-0.2, 0) is 4.74 Å². The van der Waals surface area contributed by atoms with Crippen molar-refractivity contribution in [1.82, 2.24) is 0 Å². The maximum absolute atomic E-state index is 9.27. The van der Waals surface area contributed by atoms with Crippen LogP contribution < -0.4 is 0 Å². The Balaban J connectivity index is 3.75. The summed E-state index contributed by atoms with van der Waals surface area (Å²) in [5, 5.41) is 18.5. The second kappa shape index (κ2) is 13.8. The fraction of sp³-hybridized carbons (Fsp3) is 1.00. The molecule has 2 atom stereocenters. The molecule has 3 heteroatoms. The second-order valence-electron chi connectivity index (χ2n) is 6.12. The van der Waals surface area contributed by atoms with Gasteiger partial charge in [0.05, 0.1) is 12.2 Å². The van der Waals surface area contributed by atoms with Crippen LogP contribution in [0.5, 0.6) is 0 Å². The lowest BCUT2D eigenvalue weighted by atomic mass is 9.92. The maximum Gasteiger partial charge on any atom is 0.0512 e. The van der Waals surface area contributed by atoms with Crippen molar-refractivity contribution in [2.45, 2.75) is 90.8 Å². The second-order valence-corrected chi connectivity index (χ2v) is 6.12. The highest BCUT2D eigenvalue weighted by Crippen LogP contribution is 2.21. The van der Waals surface area contributed by atoms with Gasteiger partial charge in [0.15, 0.2) is 0 Å². The summed E-state index contributed by atoms with van der Waals surface area (Å²) in [5.41, 5.74) is 0. The van der Waals surface area contributed by atoms with Gasteiger partial charge in [-0.2, -0.15) is 0 Å². The molecule has 0 aromatic carbocycles. The van der Waals surface area contributed by atoms with E-state index in [1.165, 1.54) is 25.7 Å². The van der Waals surface area contributed by atoms with Crippen LogP contribution in [0.4, 0.5) is 0 Å². The van der Waals surface area contributed by atoms with Crippen molar-refractivity contribution in [3.8, 4) is 0 Å². The van der Waals surface area contributed by atoms with Crippen molar-refractivity contribution in [2.75, 3.05) is 13.2 Å². The molecule has 0 spiro atoms. The van der Waals surface area contributed by atoms with E-state index in [-0.39, 0.29) is 12.2 Å². The summed E-state index contributed by atoms with van der Waals surface area (Å²) in [6.45, 7) is 7.44. The van der Waals surface area contributed by atoms with E-state index in [1.807, 2.05) is 20.8 Å². The van der Waals surface area contributed by atoms with Gasteiger partial charge in [0.25, 0.3) is 0 Å². The van der Waals surface area contributed by atoms with E-state index in [9.17, 15) is 10.2 Å². The van der Waals surface area contributed by atoms with Gasteiger partial charge in [0.1, 0.15) is 0 Å². The van der Waals surface area contributed by atoms with Crippen molar-refractivity contribution in [1.29, 1.82) is 0 Å². The number of unbranched alkanes of at least 4 members (excludes halogenated alkanes) is 2. The molecule has 122 valence electrons. The van der Waals surface area contributed by atoms with E-state index in [1.54, 1.807) is 0 Å². The smallest absolute Gasteiger partial charge is 0.0512 e. The monoisotopic (exact) mass is 288 g/mol. The van der Waals surface area contributed by atoms with Crippen LogP contribution in [0.2, 0.25) is 0 Å². The highest BCUT2D eigenvalue weighted by molar-refractivity contribution is 4.62. The summed E-state index contributed by atoms with van der Waals surface area (Å²) >= 11 is 0. The summed E-state index contributed by atoms with van der Waals surface area (Å²) in [7, 11) is 0. The number of hydrogen-bond acceptors (Lipinski definition) is 3. The molecule has 0 aromatic rings. The Morgan fingerprint density at radius 1 is 0.750 bits per heavy atom. The molecule has 3 nitrogen and oxygen atoms in total. The van der Waals surface area contributed by atoms with Gasteiger partial charge in [-0.15, -0.1) is 0 Å². The van der Waals surface area contributed by atoms with E-state index in [4.69, 9.17) is 4.74 Å². The third-order valence-electron chi connectivity index (χ3n) is 3.84. The molecule has 0 radical (unpaired) electrons. The molecule has 0 aliphatic heterocycles. The van der Waals surface area contributed by atoms with Gasteiger partial charge in [-0.25, -0.2) is 0 Å². The van der Waals surface area contributed by atoms with Gasteiger partial charge < -0.3 is 14.9 Å². The zero-order valence-corrected chi connectivity index (χ0v) is 13.8. The first kappa shape index (κ1) is 19.9. The Labute approximate surface area is 125 Å². The molecule has 0 aromatic heterocycles. The first-order chi connectivity index (χ1) is 9.56. The lowest BCUT2D eigenvalue weighted by Crippen LogP contribution is -2.07. The molecule has 0 aliphatic carbocycles. The number of aliphatic hydroxyl groups is 2. The molecule has 0 bridgehead atoms. The zero-order valence-electron chi connectivity index (χ0n) is 13.8. The first-order valence-electron chi connectivity index (χ1n) is 8.50. The summed E-state index contributed by atoms with van der Waals surface area (Å²) < 4.78 is 5.47. The Hall–Kier alpha value is -0.120. The van der Waals surface area contributed by atoms with Crippen LogP contribution in [0.1, 0.15) is 78.6 Å². The van der Waals surface area contributed by atoms with Crippen LogP contribution in [0.15, 0.2) is 0 Å². The molecular formula is C17H36O3. The van der Waals surface area contributed by atoms with Crippen LogP contribution in [0.3, 0.4) is 0 Å². The molecule has 20 heavy (non-hydrogen) atoms. The predicted octanol–water partition coefficient (Wildman–Crippen LogP) is 3.91. The van der Waals surface area contributed by atoms with Crippen molar-refractivity contribution >= 4 is 0 Å². The average Bonchev–Trinajstić information content (AvgIpc) is 2.38. The van der Waals surface area contributed by atoms with Crippen molar-refractivity contribution in [3.05, 3.63) is 0 Å². The number of aliphatic hydroxyl groups excluding tert-OH is 2. The van der Waals surface area contributed by atoms with Crippen LogP contribution in [-0.4, -0.2) is 35.6 Å². The maximum atomic E-state index is 9.27. The minimum atomic E-state index is -0.164. The highest BCUT2D eigenvalue weighted by atomic mass is 16.5. The number of ether oxygens (including phenoxy) is 1. The predicted molar refractivity (Wildman–Crippen MR) is 84.9 cm³/mol. The van der Waals surface area contributed by atoms with Gasteiger partial charge in [-0.05, 0) is 46.0 Å². The molecule has 0 amide bonds. The molecule has 0 heterocycles. The molecular weight excluding hydrogens is 252 g/mol. The van der Waals surface area contributed by atoms with Crippen LogP contribution in [0, 0.1) is 5.92 Å². The number of rotatable bonds is 14. The van der Waals surface area contributed by atoms with Crippen molar-refractivity contribution < 1.29 is 14.9 Å². The van der Waals surface area contributed by atoms with E-state index in [2.05, 4.69) is 0 Å². The summed E-state index contributed by atoms with van der Waals surface area (Å²) in [4.78, 5) is 0. The van der Waals surface area contributed by atoms with E-state index in [0.717, 1.165) is 51.2 Å². The highest BCUT2D eigenvalue weighted by Gasteiger charge is 2.09. The fourth-order valence-electron chi connectivity index (χ4n) is 2.57. The zero-order chi connectivity index (χ0) is 15.2. The van der Waals surface area contributed by atoms with Crippen LogP contribution in [0.25, 0.3) is 0 Å². The lowest BCUT2D eigenvalue weighted by molar-refractivity contribution is 0.126. The Bertz CT molecular complexity index is 177. The SMILES string of the molecule is CCOCCC(CCCCC(C)O)CCCCC(C)O. The fourth-order valence-corrected chi connectivity index (χ4v) is 2.57. The topological polar surface area (TPSA) is 49.7 Å². The van der Waals surface area contributed by atoms with Gasteiger partial charge in [-0.1, -0.05) is 38.5 Å². The van der Waals surface area contributed by atoms with Gasteiger partial charge in [0.2, 0.25) is 0 Å². The Morgan fingerprint density at radius 3 is 1.60 bits per heavy atom. The molecule has 0 aliphatic rings. The number of hydrogen-bond donors (Lipinski definition) is 2. The third kappa shape index (κ3) is 14.3. The van der Waals surface area contributed by atoms with E-state index in [0.29, 0.717) is 0 Å². The summed E-state index contributed by atoms with van der Waals surface area (Å²) in [6, 6.07) is 0. The van der Waals surface area contributed by atoms with Gasteiger partial charge >= 0.3 is 0 Å². The minimum Gasteiger partial charge on any atom is -0.393 e. The van der Waals surface area contributed by atoms with Gasteiger partial charge in [0, 0.05) is 13.2 Å². The van der Waals surface area contributed by atoms with Crippen LogP contribution >= 0.6 is 0 Å². The van der Waals surface area contributed by atoms with E-state index < -0.39 is 0 Å². The van der Waals surface area contributed by atoms with E-state index >= 15 is 0 Å². The van der Waals surface area contributed by atoms with Crippen molar-refractivity contribution in [3.63, 3.8) is 0 Å². The molecule has 0 saturated carbocycles. The van der Waals surface area contributed by atoms with Gasteiger partial charge in [-0.3, -0.25) is 0 Å². The standard InChI is InChI=1S/C17H36O3/c1-4-20-14-13-17(11-7-5-9-15(2)18)12-8-6-10-16(3)19/h15-19H,4-14H2,1-3H3. The average molecular weight is 288 g/mol. The normalized spacial score (nSPS) is 16.1. The molecule has 2 N–H and O–H groups in total. The van der Waals surface area contributed by atoms with Crippen molar-refractivity contribution in [2.24, 2.45) is 5.92 Å². The minimum absolute atomic E-state index is 0.164. The molecule has 0 rings (SSSR count). The first-order valence-corrected chi connectivity index (χ1v) is 8.50. The molecule has 0 saturated heterocycles.